The van der Waals surface area contributed by atoms with Crippen LogP contribution >= 0.6 is 11.6 Å². The Balaban J connectivity index is 2.31. The second-order valence-electron chi connectivity index (χ2n) is 3.72. The minimum atomic E-state index is -0.128. The number of halogens is 1. The van der Waals surface area contributed by atoms with Gasteiger partial charge in [-0.2, -0.15) is 0 Å². The number of aliphatic hydroxyl groups excluding tert-OH is 1. The van der Waals surface area contributed by atoms with Crippen molar-refractivity contribution in [1.82, 2.24) is 0 Å². The Labute approximate surface area is 111 Å². The van der Waals surface area contributed by atoms with Gasteiger partial charge in [-0.15, -0.1) is 0 Å². The second kappa shape index (κ2) is 7.92. The largest absolute Gasteiger partial charge is 0.397 e. The van der Waals surface area contributed by atoms with Crippen molar-refractivity contribution in [1.29, 1.82) is 0 Å². The number of nitrogens with one attached hydrogen (secondary N) is 1. The average molecular weight is 273 g/mol. The summed E-state index contributed by atoms with van der Waals surface area (Å²) in [5.74, 6) is -0.128. The van der Waals surface area contributed by atoms with E-state index in [1.807, 2.05) is 0 Å². The molecule has 0 aromatic heterocycles. The number of carbonyl (C=O) groups excluding carboxylic acids is 1. The molecule has 0 atom stereocenters. The summed E-state index contributed by atoms with van der Waals surface area (Å²) in [6, 6.07) is 4.91. The van der Waals surface area contributed by atoms with Crippen LogP contribution in [0, 0.1) is 0 Å². The molecule has 6 heteroatoms. The fourth-order valence-electron chi connectivity index (χ4n) is 1.36. The van der Waals surface area contributed by atoms with E-state index in [0.29, 0.717) is 42.5 Å². The Morgan fingerprint density at radius 1 is 1.44 bits per heavy atom. The van der Waals surface area contributed by atoms with Crippen LogP contribution in [0.15, 0.2) is 18.2 Å². The summed E-state index contributed by atoms with van der Waals surface area (Å²) in [7, 11) is 0. The van der Waals surface area contributed by atoms with Crippen molar-refractivity contribution in [3.05, 3.63) is 23.2 Å². The Morgan fingerprint density at radius 2 is 2.22 bits per heavy atom. The van der Waals surface area contributed by atoms with E-state index >= 15 is 0 Å². The zero-order chi connectivity index (χ0) is 13.4. The van der Waals surface area contributed by atoms with E-state index in [0.717, 1.165) is 0 Å². The summed E-state index contributed by atoms with van der Waals surface area (Å²) in [6.07, 6.45) is 0.937. The molecular formula is C12H17ClN2O3. The molecule has 0 unspecified atom stereocenters. The molecule has 0 aliphatic carbocycles. The Bertz CT molecular complexity index is 399. The van der Waals surface area contributed by atoms with Gasteiger partial charge in [0.1, 0.15) is 0 Å². The number of hydrogen-bond donors (Lipinski definition) is 3. The molecule has 0 bridgehead atoms. The maximum absolute atomic E-state index is 11.6. The summed E-state index contributed by atoms with van der Waals surface area (Å²) in [5.41, 5.74) is 6.71. The lowest BCUT2D eigenvalue weighted by Crippen LogP contribution is -2.13. The first kappa shape index (κ1) is 14.8. The predicted octanol–water partition coefficient (Wildman–Crippen LogP) is 1.65. The van der Waals surface area contributed by atoms with Gasteiger partial charge in [0.2, 0.25) is 5.91 Å². The van der Waals surface area contributed by atoms with Crippen LogP contribution in [0.3, 0.4) is 0 Å². The summed E-state index contributed by atoms with van der Waals surface area (Å²) in [6.45, 7) is 0.739. The molecule has 1 rings (SSSR count). The van der Waals surface area contributed by atoms with Crippen LogP contribution in [0.4, 0.5) is 11.4 Å². The van der Waals surface area contributed by atoms with E-state index in [1.165, 1.54) is 0 Å². The van der Waals surface area contributed by atoms with E-state index in [1.54, 1.807) is 18.2 Å². The number of carbonyl (C=O) groups is 1. The molecule has 18 heavy (non-hydrogen) atoms. The maximum atomic E-state index is 11.6. The average Bonchev–Trinajstić information content (AvgIpc) is 2.32. The quantitative estimate of drug-likeness (QED) is 0.520. The summed E-state index contributed by atoms with van der Waals surface area (Å²) in [4.78, 5) is 11.6. The molecule has 0 aliphatic rings. The Kier molecular flexibility index (Phi) is 6.49. The SMILES string of the molecule is Nc1cc(Cl)ccc1NC(=O)CCCOCCO. The number of aliphatic hydroxyl groups is 1. The van der Waals surface area contributed by atoms with Gasteiger partial charge in [0.15, 0.2) is 0 Å². The fraction of sp³-hybridized carbons (Fsp3) is 0.417. The number of nitrogens with two attached hydrogens (primary N) is 1. The van der Waals surface area contributed by atoms with Crippen LogP contribution in [0.1, 0.15) is 12.8 Å². The number of nitrogen functional groups attached to an aromatic ring is 1. The molecule has 0 aliphatic heterocycles. The van der Waals surface area contributed by atoms with E-state index in [9.17, 15) is 4.79 Å². The van der Waals surface area contributed by atoms with Crippen LogP contribution in [-0.4, -0.2) is 30.8 Å². The van der Waals surface area contributed by atoms with Gasteiger partial charge in [0.25, 0.3) is 0 Å². The first-order chi connectivity index (χ1) is 8.63. The van der Waals surface area contributed by atoms with Crippen molar-refractivity contribution in [2.45, 2.75) is 12.8 Å². The topological polar surface area (TPSA) is 84.6 Å². The minimum Gasteiger partial charge on any atom is -0.397 e. The van der Waals surface area contributed by atoms with Crippen LogP contribution in [0.2, 0.25) is 5.02 Å². The molecule has 0 saturated carbocycles. The van der Waals surface area contributed by atoms with Crippen LogP contribution in [0.5, 0.6) is 0 Å². The van der Waals surface area contributed by atoms with Crippen molar-refractivity contribution in [2.24, 2.45) is 0 Å². The molecule has 0 fully saturated rings. The lowest BCUT2D eigenvalue weighted by Gasteiger charge is -2.08. The van der Waals surface area contributed by atoms with Crippen LogP contribution in [-0.2, 0) is 9.53 Å². The summed E-state index contributed by atoms with van der Waals surface area (Å²) < 4.78 is 5.05. The fourth-order valence-corrected chi connectivity index (χ4v) is 1.54. The van der Waals surface area contributed by atoms with Gasteiger partial charge >= 0.3 is 0 Å². The van der Waals surface area contributed by atoms with E-state index in [4.69, 9.17) is 27.2 Å². The zero-order valence-corrected chi connectivity index (χ0v) is 10.7. The molecular weight excluding hydrogens is 256 g/mol. The van der Waals surface area contributed by atoms with Crippen LogP contribution < -0.4 is 11.1 Å². The molecule has 1 aromatic carbocycles. The number of hydrogen-bond acceptors (Lipinski definition) is 4. The van der Waals surface area contributed by atoms with Crippen molar-refractivity contribution in [2.75, 3.05) is 30.9 Å². The second-order valence-corrected chi connectivity index (χ2v) is 4.16. The molecule has 5 nitrogen and oxygen atoms in total. The van der Waals surface area contributed by atoms with Gasteiger partial charge < -0.3 is 20.9 Å². The number of ether oxygens (including phenoxy) is 1. The number of anilines is 2. The van der Waals surface area contributed by atoms with E-state index in [2.05, 4.69) is 5.32 Å². The molecule has 0 spiro atoms. The summed E-state index contributed by atoms with van der Waals surface area (Å²) in [5, 5.41) is 11.7. The third-order valence-corrected chi connectivity index (χ3v) is 2.45. The Morgan fingerprint density at radius 3 is 2.89 bits per heavy atom. The smallest absolute Gasteiger partial charge is 0.224 e. The number of amides is 1. The van der Waals surface area contributed by atoms with Gasteiger partial charge in [0, 0.05) is 18.1 Å². The number of rotatable bonds is 7. The molecule has 0 radical (unpaired) electrons. The first-order valence-corrected chi connectivity index (χ1v) is 6.04. The molecule has 1 amide bonds. The van der Waals surface area contributed by atoms with Gasteiger partial charge in [-0.3, -0.25) is 4.79 Å². The van der Waals surface area contributed by atoms with E-state index in [-0.39, 0.29) is 12.5 Å². The Hall–Kier alpha value is -1.30. The molecule has 1 aromatic rings. The molecule has 0 heterocycles. The molecule has 100 valence electrons. The van der Waals surface area contributed by atoms with E-state index < -0.39 is 0 Å². The molecule has 0 saturated heterocycles. The normalized spacial score (nSPS) is 10.3. The van der Waals surface area contributed by atoms with Crippen molar-refractivity contribution >= 4 is 28.9 Å². The monoisotopic (exact) mass is 272 g/mol. The highest BCUT2D eigenvalue weighted by Crippen LogP contribution is 2.22. The molecule has 4 N–H and O–H groups in total. The predicted molar refractivity (Wildman–Crippen MR) is 71.6 cm³/mol. The standard InChI is InChI=1S/C12H17ClN2O3/c13-9-3-4-11(10(14)8-9)15-12(17)2-1-6-18-7-5-16/h3-4,8,16H,1-2,5-7,14H2,(H,15,17). The van der Waals surface area contributed by atoms with Crippen LogP contribution in [0.25, 0.3) is 0 Å². The highest BCUT2D eigenvalue weighted by Gasteiger charge is 2.05. The highest BCUT2D eigenvalue weighted by atomic mass is 35.5. The van der Waals surface area contributed by atoms with Gasteiger partial charge in [-0.25, -0.2) is 0 Å². The lowest BCUT2D eigenvalue weighted by molar-refractivity contribution is -0.116. The first-order valence-electron chi connectivity index (χ1n) is 5.67. The zero-order valence-electron chi connectivity index (χ0n) is 9.99. The van der Waals surface area contributed by atoms with Gasteiger partial charge in [-0.1, -0.05) is 11.6 Å². The van der Waals surface area contributed by atoms with Crippen molar-refractivity contribution < 1.29 is 14.6 Å². The van der Waals surface area contributed by atoms with Crippen molar-refractivity contribution in [3.8, 4) is 0 Å². The van der Waals surface area contributed by atoms with Gasteiger partial charge in [-0.05, 0) is 24.6 Å². The third-order valence-electron chi connectivity index (χ3n) is 2.22. The maximum Gasteiger partial charge on any atom is 0.224 e. The minimum absolute atomic E-state index is 0.00644. The highest BCUT2D eigenvalue weighted by molar-refractivity contribution is 6.31. The van der Waals surface area contributed by atoms with Crippen molar-refractivity contribution in [3.63, 3.8) is 0 Å². The third kappa shape index (κ3) is 5.35. The number of benzene rings is 1. The summed E-state index contributed by atoms with van der Waals surface area (Å²) >= 11 is 5.76. The lowest BCUT2D eigenvalue weighted by atomic mass is 10.2. The van der Waals surface area contributed by atoms with Gasteiger partial charge in [0.05, 0.1) is 24.6 Å².